The van der Waals surface area contributed by atoms with Gasteiger partial charge in [0.1, 0.15) is 5.82 Å². The highest BCUT2D eigenvalue weighted by Crippen LogP contribution is 2.10. The minimum Gasteiger partial charge on any atom is -0.396 e. The van der Waals surface area contributed by atoms with E-state index in [0.29, 0.717) is 6.42 Å². The van der Waals surface area contributed by atoms with Gasteiger partial charge < -0.3 is 15.4 Å². The summed E-state index contributed by atoms with van der Waals surface area (Å²) < 4.78 is 1.99. The molecule has 12 heavy (non-hydrogen) atoms. The molecule has 0 spiro atoms. The first kappa shape index (κ1) is 9.22. The fraction of sp³-hybridized carbons (Fsp3) is 0.625. The van der Waals surface area contributed by atoms with Crippen molar-refractivity contribution >= 4 is 0 Å². The molecular weight excluding hydrogens is 154 g/mol. The van der Waals surface area contributed by atoms with Gasteiger partial charge in [-0.15, -0.1) is 0 Å². The Bertz CT molecular complexity index is 234. The van der Waals surface area contributed by atoms with Crippen LogP contribution >= 0.6 is 0 Å². The van der Waals surface area contributed by atoms with Crippen molar-refractivity contribution in [2.75, 3.05) is 6.61 Å². The van der Waals surface area contributed by atoms with Crippen molar-refractivity contribution in [2.24, 2.45) is 5.73 Å². The zero-order valence-electron chi connectivity index (χ0n) is 7.27. The average molecular weight is 169 g/mol. The van der Waals surface area contributed by atoms with Gasteiger partial charge >= 0.3 is 0 Å². The predicted octanol–water partition coefficient (Wildman–Crippen LogP) is 0.285. The van der Waals surface area contributed by atoms with E-state index in [-0.39, 0.29) is 12.6 Å². The number of imidazole rings is 1. The van der Waals surface area contributed by atoms with Crippen LogP contribution in [0, 0.1) is 0 Å². The van der Waals surface area contributed by atoms with Gasteiger partial charge in [-0.2, -0.15) is 0 Å². The lowest BCUT2D eigenvalue weighted by Crippen LogP contribution is -2.17. The molecule has 0 aliphatic heterocycles. The molecule has 4 heteroatoms. The zero-order chi connectivity index (χ0) is 8.97. The molecular formula is C8H15N3O. The summed E-state index contributed by atoms with van der Waals surface area (Å²) in [4.78, 5) is 4.13. The van der Waals surface area contributed by atoms with E-state index in [1.165, 1.54) is 0 Å². The number of aliphatic hydroxyl groups is 1. The third kappa shape index (κ3) is 1.84. The Hall–Kier alpha value is -0.870. The molecule has 68 valence electrons. The summed E-state index contributed by atoms with van der Waals surface area (Å²) in [6.07, 6.45) is 4.19. The van der Waals surface area contributed by atoms with Crippen LogP contribution in [-0.2, 0) is 6.54 Å². The molecule has 1 atom stereocenters. The van der Waals surface area contributed by atoms with E-state index in [9.17, 15) is 0 Å². The predicted molar refractivity (Wildman–Crippen MR) is 46.5 cm³/mol. The molecule has 0 radical (unpaired) electrons. The Morgan fingerprint density at radius 3 is 3.08 bits per heavy atom. The molecule has 0 unspecified atom stereocenters. The molecule has 1 aromatic heterocycles. The molecule has 1 heterocycles. The number of aryl methyl sites for hydroxylation is 1. The van der Waals surface area contributed by atoms with Crippen molar-refractivity contribution in [1.82, 2.24) is 9.55 Å². The smallest absolute Gasteiger partial charge is 0.125 e. The monoisotopic (exact) mass is 169 g/mol. The molecule has 0 amide bonds. The van der Waals surface area contributed by atoms with Crippen LogP contribution in [0.25, 0.3) is 0 Å². The van der Waals surface area contributed by atoms with Crippen LogP contribution in [0.2, 0.25) is 0 Å². The van der Waals surface area contributed by atoms with Crippen molar-refractivity contribution in [2.45, 2.75) is 25.9 Å². The number of nitrogens with zero attached hydrogens (tertiary/aromatic N) is 2. The number of hydrogen-bond acceptors (Lipinski definition) is 3. The number of hydrogen-bond donors (Lipinski definition) is 2. The third-order valence-electron chi connectivity index (χ3n) is 1.86. The first-order chi connectivity index (χ1) is 5.79. The van der Waals surface area contributed by atoms with Gasteiger partial charge in [0.2, 0.25) is 0 Å². The lowest BCUT2D eigenvalue weighted by molar-refractivity contribution is 0.273. The van der Waals surface area contributed by atoms with E-state index in [4.69, 9.17) is 10.8 Å². The van der Waals surface area contributed by atoms with E-state index in [2.05, 4.69) is 4.98 Å². The molecule has 1 aromatic rings. The standard InChI is InChI=1S/C8H15N3O/c1-2-11-5-4-10-8(11)7(9)3-6-12/h4-5,7,12H,2-3,6,9H2,1H3/t7-/m0/s1. The molecule has 1 rings (SSSR count). The lowest BCUT2D eigenvalue weighted by Gasteiger charge is -2.10. The second kappa shape index (κ2) is 4.23. The van der Waals surface area contributed by atoms with Gasteiger partial charge in [-0.1, -0.05) is 0 Å². The molecule has 0 fully saturated rings. The summed E-state index contributed by atoms with van der Waals surface area (Å²) in [5, 5.41) is 8.68. The van der Waals surface area contributed by atoms with Crippen LogP contribution in [-0.4, -0.2) is 21.3 Å². The van der Waals surface area contributed by atoms with E-state index >= 15 is 0 Å². The number of aliphatic hydroxyl groups excluding tert-OH is 1. The fourth-order valence-electron chi connectivity index (χ4n) is 1.19. The highest BCUT2D eigenvalue weighted by atomic mass is 16.3. The van der Waals surface area contributed by atoms with Crippen molar-refractivity contribution in [1.29, 1.82) is 0 Å². The molecule has 0 aliphatic carbocycles. The Morgan fingerprint density at radius 1 is 1.75 bits per heavy atom. The normalized spacial score (nSPS) is 13.2. The second-order valence-corrected chi connectivity index (χ2v) is 2.69. The Kier molecular flexibility index (Phi) is 3.25. The van der Waals surface area contributed by atoms with Gasteiger partial charge in [0, 0.05) is 25.5 Å². The van der Waals surface area contributed by atoms with Crippen molar-refractivity contribution in [3.63, 3.8) is 0 Å². The second-order valence-electron chi connectivity index (χ2n) is 2.69. The van der Waals surface area contributed by atoms with Crippen LogP contribution in [0.1, 0.15) is 25.2 Å². The maximum atomic E-state index is 8.68. The third-order valence-corrected chi connectivity index (χ3v) is 1.86. The van der Waals surface area contributed by atoms with Gasteiger partial charge in [0.05, 0.1) is 6.04 Å². The summed E-state index contributed by atoms with van der Waals surface area (Å²) in [6.45, 7) is 3.02. The highest BCUT2D eigenvalue weighted by molar-refractivity contribution is 4.98. The summed E-state index contributed by atoms with van der Waals surface area (Å²) >= 11 is 0. The molecule has 0 aromatic carbocycles. The van der Waals surface area contributed by atoms with Crippen molar-refractivity contribution in [3.8, 4) is 0 Å². The van der Waals surface area contributed by atoms with Crippen LogP contribution < -0.4 is 5.73 Å². The van der Waals surface area contributed by atoms with Crippen LogP contribution in [0.5, 0.6) is 0 Å². The van der Waals surface area contributed by atoms with E-state index < -0.39 is 0 Å². The van der Waals surface area contributed by atoms with Gasteiger partial charge in [-0.3, -0.25) is 0 Å². The summed E-state index contributed by atoms with van der Waals surface area (Å²) in [6, 6.07) is -0.148. The minimum atomic E-state index is -0.148. The SMILES string of the molecule is CCn1ccnc1[C@@H](N)CCO. The molecule has 0 saturated heterocycles. The quantitative estimate of drug-likeness (QED) is 0.680. The molecule has 0 saturated carbocycles. The Labute approximate surface area is 72.0 Å². The topological polar surface area (TPSA) is 64.1 Å². The molecule has 3 N–H and O–H groups in total. The van der Waals surface area contributed by atoms with Crippen LogP contribution in [0.15, 0.2) is 12.4 Å². The summed E-state index contributed by atoms with van der Waals surface area (Å²) in [5.41, 5.74) is 5.78. The van der Waals surface area contributed by atoms with Crippen molar-refractivity contribution < 1.29 is 5.11 Å². The number of aromatic nitrogens is 2. The number of nitrogens with two attached hydrogens (primary N) is 1. The molecule has 0 aliphatic rings. The fourth-order valence-corrected chi connectivity index (χ4v) is 1.19. The first-order valence-electron chi connectivity index (χ1n) is 4.17. The van der Waals surface area contributed by atoms with Gasteiger partial charge in [-0.05, 0) is 13.3 Å². The van der Waals surface area contributed by atoms with E-state index in [0.717, 1.165) is 12.4 Å². The average Bonchev–Trinajstić information content (AvgIpc) is 2.51. The van der Waals surface area contributed by atoms with Crippen LogP contribution in [0.3, 0.4) is 0 Å². The summed E-state index contributed by atoms with van der Waals surface area (Å²) in [5.74, 6) is 0.853. The van der Waals surface area contributed by atoms with Gasteiger partial charge in [-0.25, -0.2) is 4.98 Å². The van der Waals surface area contributed by atoms with Gasteiger partial charge in [0.25, 0.3) is 0 Å². The zero-order valence-corrected chi connectivity index (χ0v) is 7.27. The van der Waals surface area contributed by atoms with Crippen molar-refractivity contribution in [3.05, 3.63) is 18.2 Å². The lowest BCUT2D eigenvalue weighted by atomic mass is 10.2. The largest absolute Gasteiger partial charge is 0.396 e. The van der Waals surface area contributed by atoms with Crippen LogP contribution in [0.4, 0.5) is 0 Å². The molecule has 4 nitrogen and oxygen atoms in total. The van der Waals surface area contributed by atoms with Gasteiger partial charge in [0.15, 0.2) is 0 Å². The van der Waals surface area contributed by atoms with E-state index in [1.54, 1.807) is 6.20 Å². The highest BCUT2D eigenvalue weighted by Gasteiger charge is 2.10. The Balaban J connectivity index is 2.71. The molecule has 0 bridgehead atoms. The summed E-state index contributed by atoms with van der Waals surface area (Å²) in [7, 11) is 0. The van der Waals surface area contributed by atoms with E-state index in [1.807, 2.05) is 17.7 Å². The maximum Gasteiger partial charge on any atom is 0.125 e. The maximum absolute atomic E-state index is 8.68. The number of rotatable bonds is 4. The Morgan fingerprint density at radius 2 is 2.50 bits per heavy atom. The first-order valence-corrected chi connectivity index (χ1v) is 4.17. The minimum absolute atomic E-state index is 0.109.